The van der Waals surface area contributed by atoms with E-state index in [0.717, 1.165) is 40.9 Å². The summed E-state index contributed by atoms with van der Waals surface area (Å²) in [6.07, 6.45) is 5.30. The van der Waals surface area contributed by atoms with Gasteiger partial charge >= 0.3 is 11.9 Å². The standard InChI is InChI=1S/C22H20O4.C15H12O4/c1-15(23)26-21-11-5-17(6-12-21)14-19-8-7-18(22(19)24)13-16-3-9-20(25-2)10-4-16;1-10(16)19-14-8-4-12(5-9-14)15(18)11-2-6-13(17)7-3-11/h3-6,9-14H,7-8H2,1-2H3;2-9,17H,1H3/b18-13+,19-14+;. The van der Waals surface area contributed by atoms with Crippen molar-refractivity contribution in [1.29, 1.82) is 0 Å². The Labute approximate surface area is 261 Å². The number of rotatable bonds is 7. The largest absolute Gasteiger partial charge is 0.508 e. The number of allylic oxidation sites excluding steroid dienone is 2. The van der Waals surface area contributed by atoms with Crippen molar-refractivity contribution in [3.63, 3.8) is 0 Å². The predicted octanol–water partition coefficient (Wildman–Crippen LogP) is 7.00. The number of phenolic OH excluding ortho intramolecular Hbond substituents is 1. The maximum absolute atomic E-state index is 12.6. The van der Waals surface area contributed by atoms with E-state index in [1.807, 2.05) is 48.6 Å². The minimum absolute atomic E-state index is 0.0879. The van der Waals surface area contributed by atoms with Gasteiger partial charge in [0.2, 0.25) is 0 Å². The fraction of sp³-hybridized carbons (Fsp3) is 0.135. The van der Waals surface area contributed by atoms with Crippen molar-refractivity contribution >= 4 is 35.7 Å². The lowest BCUT2D eigenvalue weighted by Crippen LogP contribution is -2.03. The summed E-state index contributed by atoms with van der Waals surface area (Å²) < 4.78 is 15.1. The van der Waals surface area contributed by atoms with Gasteiger partial charge in [0.05, 0.1) is 7.11 Å². The third-order valence-electron chi connectivity index (χ3n) is 6.69. The highest BCUT2D eigenvalue weighted by Crippen LogP contribution is 2.30. The van der Waals surface area contributed by atoms with Crippen molar-refractivity contribution in [2.75, 3.05) is 7.11 Å². The molecule has 4 aromatic rings. The van der Waals surface area contributed by atoms with Gasteiger partial charge < -0.3 is 19.3 Å². The lowest BCUT2D eigenvalue weighted by atomic mass is 10.0. The first kappa shape index (κ1) is 32.2. The highest BCUT2D eigenvalue weighted by Gasteiger charge is 2.23. The van der Waals surface area contributed by atoms with Crippen LogP contribution in [-0.2, 0) is 14.4 Å². The highest BCUT2D eigenvalue weighted by molar-refractivity contribution is 6.15. The second kappa shape index (κ2) is 15.1. The molecule has 45 heavy (non-hydrogen) atoms. The maximum atomic E-state index is 12.6. The molecule has 4 aromatic carbocycles. The summed E-state index contributed by atoms with van der Waals surface area (Å²) in [7, 11) is 1.63. The number of carbonyl (C=O) groups excluding carboxylic acids is 4. The molecule has 8 nitrogen and oxygen atoms in total. The van der Waals surface area contributed by atoms with Gasteiger partial charge in [0.1, 0.15) is 23.0 Å². The van der Waals surface area contributed by atoms with E-state index in [-0.39, 0.29) is 23.3 Å². The molecule has 228 valence electrons. The van der Waals surface area contributed by atoms with E-state index in [1.165, 1.54) is 26.0 Å². The van der Waals surface area contributed by atoms with Crippen LogP contribution < -0.4 is 14.2 Å². The average Bonchev–Trinajstić information content (AvgIpc) is 3.36. The number of ether oxygens (including phenoxy) is 3. The number of hydrogen-bond acceptors (Lipinski definition) is 8. The Morgan fingerprint density at radius 3 is 1.38 bits per heavy atom. The lowest BCUT2D eigenvalue weighted by Gasteiger charge is -2.04. The molecule has 0 aliphatic heterocycles. The molecule has 0 atom stereocenters. The van der Waals surface area contributed by atoms with Crippen LogP contribution in [0.5, 0.6) is 23.0 Å². The van der Waals surface area contributed by atoms with Gasteiger partial charge in [-0.25, -0.2) is 0 Å². The molecule has 0 radical (unpaired) electrons. The van der Waals surface area contributed by atoms with Crippen LogP contribution in [0.15, 0.2) is 108 Å². The predicted molar refractivity (Wildman–Crippen MR) is 170 cm³/mol. The second-order valence-corrected chi connectivity index (χ2v) is 10.1. The van der Waals surface area contributed by atoms with E-state index >= 15 is 0 Å². The molecule has 0 heterocycles. The van der Waals surface area contributed by atoms with Crippen LogP contribution >= 0.6 is 0 Å². The zero-order valence-corrected chi connectivity index (χ0v) is 25.1. The minimum atomic E-state index is -0.405. The van der Waals surface area contributed by atoms with E-state index in [9.17, 15) is 19.2 Å². The Bertz CT molecular complexity index is 1730. The molecule has 0 aromatic heterocycles. The Kier molecular flexibility index (Phi) is 10.8. The van der Waals surface area contributed by atoms with Crippen LogP contribution in [0, 0.1) is 0 Å². The first-order valence-corrected chi connectivity index (χ1v) is 14.1. The average molecular weight is 605 g/mol. The zero-order chi connectivity index (χ0) is 32.3. The smallest absolute Gasteiger partial charge is 0.308 e. The van der Waals surface area contributed by atoms with Crippen molar-refractivity contribution in [3.05, 3.63) is 130 Å². The zero-order valence-electron chi connectivity index (χ0n) is 25.1. The van der Waals surface area contributed by atoms with Gasteiger partial charge in [-0.15, -0.1) is 0 Å². The Morgan fingerprint density at radius 1 is 0.600 bits per heavy atom. The van der Waals surface area contributed by atoms with E-state index in [0.29, 0.717) is 22.6 Å². The number of benzene rings is 4. The van der Waals surface area contributed by atoms with Gasteiger partial charge in [0, 0.05) is 36.1 Å². The Balaban J connectivity index is 0.000000215. The quantitative estimate of drug-likeness (QED) is 0.104. The number of phenols is 1. The first-order valence-electron chi connectivity index (χ1n) is 14.1. The number of carbonyl (C=O) groups is 4. The van der Waals surface area contributed by atoms with Gasteiger partial charge in [-0.05, 0) is 109 Å². The lowest BCUT2D eigenvalue weighted by molar-refractivity contribution is -0.132. The van der Waals surface area contributed by atoms with Crippen molar-refractivity contribution in [2.24, 2.45) is 0 Å². The van der Waals surface area contributed by atoms with Crippen LogP contribution in [0.3, 0.4) is 0 Å². The summed E-state index contributed by atoms with van der Waals surface area (Å²) in [5.41, 5.74) is 4.48. The SMILES string of the molecule is CC(=O)Oc1ccc(C(=O)c2ccc(O)cc2)cc1.COc1ccc(/C=C2\CC/C(=C\c3ccc(OC(C)=O)cc3)C2=O)cc1. The van der Waals surface area contributed by atoms with Gasteiger partial charge in [0.25, 0.3) is 0 Å². The molecule has 0 spiro atoms. The van der Waals surface area contributed by atoms with Crippen molar-refractivity contribution in [3.8, 4) is 23.0 Å². The van der Waals surface area contributed by atoms with Gasteiger partial charge in [0.15, 0.2) is 11.6 Å². The molecule has 1 fully saturated rings. The molecule has 0 saturated heterocycles. The third-order valence-corrected chi connectivity index (χ3v) is 6.69. The first-order chi connectivity index (χ1) is 21.6. The van der Waals surface area contributed by atoms with Crippen LogP contribution in [0.25, 0.3) is 12.2 Å². The molecule has 1 aliphatic carbocycles. The van der Waals surface area contributed by atoms with E-state index in [2.05, 4.69) is 0 Å². The maximum Gasteiger partial charge on any atom is 0.308 e. The molecular formula is C37H32O8. The normalized spacial score (nSPS) is 14.0. The highest BCUT2D eigenvalue weighted by atomic mass is 16.5. The molecular weight excluding hydrogens is 572 g/mol. The third kappa shape index (κ3) is 9.36. The summed E-state index contributed by atoms with van der Waals surface area (Å²) in [6.45, 7) is 2.68. The van der Waals surface area contributed by atoms with Crippen molar-refractivity contribution in [2.45, 2.75) is 26.7 Å². The second-order valence-electron chi connectivity index (χ2n) is 10.1. The number of ketones is 2. The number of esters is 2. The van der Waals surface area contributed by atoms with Crippen LogP contribution in [0.4, 0.5) is 0 Å². The van der Waals surface area contributed by atoms with E-state index in [1.54, 1.807) is 55.6 Å². The topological polar surface area (TPSA) is 116 Å². The van der Waals surface area contributed by atoms with Crippen LogP contribution in [0.1, 0.15) is 53.7 Å². The summed E-state index contributed by atoms with van der Waals surface area (Å²) in [6, 6.07) is 27.1. The minimum Gasteiger partial charge on any atom is -0.508 e. The fourth-order valence-corrected chi connectivity index (χ4v) is 4.50. The van der Waals surface area contributed by atoms with Crippen LogP contribution in [0.2, 0.25) is 0 Å². The fourth-order valence-electron chi connectivity index (χ4n) is 4.50. The summed E-state index contributed by atoms with van der Waals surface area (Å²) >= 11 is 0. The Hall–Kier alpha value is -5.76. The molecule has 0 unspecified atom stereocenters. The molecule has 8 heteroatoms. The van der Waals surface area contributed by atoms with Crippen molar-refractivity contribution in [1.82, 2.24) is 0 Å². The molecule has 1 aliphatic rings. The summed E-state index contributed by atoms with van der Waals surface area (Å²) in [4.78, 5) is 46.4. The molecule has 0 amide bonds. The molecule has 1 N–H and O–H groups in total. The van der Waals surface area contributed by atoms with Crippen molar-refractivity contribution < 1.29 is 38.5 Å². The molecule has 0 bridgehead atoms. The Morgan fingerprint density at radius 2 is 0.978 bits per heavy atom. The van der Waals surface area contributed by atoms with E-state index < -0.39 is 5.97 Å². The number of methoxy groups -OCH3 is 1. The molecule has 1 saturated carbocycles. The van der Waals surface area contributed by atoms with Gasteiger partial charge in [-0.2, -0.15) is 0 Å². The number of Topliss-reactive ketones (excluding diaryl/α,β-unsaturated/α-hetero) is 1. The number of aromatic hydroxyl groups is 1. The number of hydrogen-bond donors (Lipinski definition) is 1. The van der Waals surface area contributed by atoms with Crippen LogP contribution in [-0.4, -0.2) is 35.7 Å². The molecule has 5 rings (SSSR count). The summed E-state index contributed by atoms with van der Waals surface area (Å²) in [5.74, 6) is 0.976. The summed E-state index contributed by atoms with van der Waals surface area (Å²) in [5, 5.41) is 9.17. The van der Waals surface area contributed by atoms with Gasteiger partial charge in [-0.3, -0.25) is 19.2 Å². The van der Waals surface area contributed by atoms with Gasteiger partial charge in [-0.1, -0.05) is 24.3 Å². The van der Waals surface area contributed by atoms with E-state index in [4.69, 9.17) is 19.3 Å². The monoisotopic (exact) mass is 604 g/mol.